The zero-order valence-corrected chi connectivity index (χ0v) is 21.6. The molecule has 0 spiro atoms. The Morgan fingerprint density at radius 1 is 1.22 bits per heavy atom. The van der Waals surface area contributed by atoms with Crippen LogP contribution in [-0.2, 0) is 28.9 Å². The molecule has 0 aliphatic heterocycles. The molecule has 1 aliphatic rings. The lowest BCUT2D eigenvalue weighted by molar-refractivity contribution is -0.114. The molecule has 184 valence electrons. The number of anilines is 1. The van der Waals surface area contributed by atoms with E-state index >= 15 is 0 Å². The molecule has 9 heteroatoms. The summed E-state index contributed by atoms with van der Waals surface area (Å²) in [6.45, 7) is 5.89. The first-order valence-corrected chi connectivity index (χ1v) is 12.8. The quantitative estimate of drug-likeness (QED) is 0.275. The van der Waals surface area contributed by atoms with E-state index in [9.17, 15) is 4.79 Å². The van der Waals surface area contributed by atoms with Crippen molar-refractivity contribution in [3.8, 4) is 27.5 Å². The van der Waals surface area contributed by atoms with Crippen LogP contribution in [0.3, 0.4) is 0 Å². The van der Waals surface area contributed by atoms with E-state index < -0.39 is 0 Å². The lowest BCUT2D eigenvalue weighted by Gasteiger charge is -2.14. The average molecular weight is 501 g/mol. The second kappa shape index (κ2) is 10.0. The average Bonchev–Trinajstić information content (AvgIpc) is 3.44. The van der Waals surface area contributed by atoms with Crippen molar-refractivity contribution in [1.82, 2.24) is 19.7 Å². The number of carbonyl (C=O) groups excluding carboxylic acids is 1. The van der Waals surface area contributed by atoms with Crippen LogP contribution < -0.4 is 5.32 Å². The summed E-state index contributed by atoms with van der Waals surface area (Å²) in [7, 11) is 1.52. The number of hydrogen-bond donors (Lipinski definition) is 1. The number of carbonyl (C=O) groups is 1. The van der Waals surface area contributed by atoms with E-state index in [1.54, 1.807) is 6.21 Å². The first kappa shape index (κ1) is 23.9. The summed E-state index contributed by atoms with van der Waals surface area (Å²) < 4.78 is 1.98. The van der Waals surface area contributed by atoms with E-state index in [-0.39, 0.29) is 5.91 Å². The molecule has 0 radical (unpaired) electrons. The molecule has 4 aromatic rings. The first-order chi connectivity index (χ1) is 17.4. The van der Waals surface area contributed by atoms with Gasteiger partial charge in [-0.15, -0.1) is 0 Å². The van der Waals surface area contributed by atoms with Crippen LogP contribution >= 0.6 is 11.3 Å². The molecule has 0 fully saturated rings. The number of amides is 1. The van der Waals surface area contributed by atoms with Crippen LogP contribution in [0.15, 0.2) is 47.8 Å². The summed E-state index contributed by atoms with van der Waals surface area (Å²) in [6, 6.07) is 12.2. The Hall–Kier alpha value is -3.85. The molecule has 0 bridgehead atoms. The number of aromatic nitrogens is 4. The highest BCUT2D eigenvalue weighted by atomic mass is 32.1. The molecule has 1 aliphatic carbocycles. The van der Waals surface area contributed by atoms with Crippen molar-refractivity contribution in [3.63, 3.8) is 0 Å². The fourth-order valence-electron chi connectivity index (χ4n) is 4.41. The molecule has 0 atom stereocenters. The maximum Gasteiger partial charge on any atom is 0.223 e. The standard InChI is InChI=1S/C27H28N6O2S/c1-16(2)13-20-8-7-19(15-28-20)24-22-11-12-23-26(36-27(31-23)30-17(3)34)25(22)33(32-24)21-9-5-18(6-10-21)14-29-35-4/h5-10,14-16H,11-13H2,1-4H3,(H,30,31,34)/b29-14-. The highest BCUT2D eigenvalue weighted by Crippen LogP contribution is 2.44. The number of thiazole rings is 1. The second-order valence-corrected chi connectivity index (χ2v) is 10.2. The number of hydrogen-bond acceptors (Lipinski definition) is 7. The van der Waals surface area contributed by atoms with Crippen molar-refractivity contribution in [2.75, 3.05) is 12.4 Å². The third-order valence-electron chi connectivity index (χ3n) is 5.95. The van der Waals surface area contributed by atoms with E-state index in [2.05, 4.69) is 36.5 Å². The van der Waals surface area contributed by atoms with Gasteiger partial charge in [-0.3, -0.25) is 9.78 Å². The van der Waals surface area contributed by atoms with E-state index in [4.69, 9.17) is 19.9 Å². The van der Waals surface area contributed by atoms with Gasteiger partial charge in [0.1, 0.15) is 7.11 Å². The number of pyridine rings is 1. The normalized spacial score (nSPS) is 12.6. The zero-order chi connectivity index (χ0) is 25.2. The molecule has 0 unspecified atom stereocenters. The fourth-order valence-corrected chi connectivity index (χ4v) is 5.53. The predicted molar refractivity (Wildman–Crippen MR) is 143 cm³/mol. The third kappa shape index (κ3) is 4.79. The van der Waals surface area contributed by atoms with E-state index in [1.807, 2.05) is 35.1 Å². The third-order valence-corrected chi connectivity index (χ3v) is 6.97. The van der Waals surface area contributed by atoms with Crippen molar-refractivity contribution in [2.45, 2.75) is 40.0 Å². The summed E-state index contributed by atoms with van der Waals surface area (Å²) in [6.07, 6.45) is 6.15. The maximum atomic E-state index is 11.7. The van der Waals surface area contributed by atoms with Crippen molar-refractivity contribution in [1.29, 1.82) is 0 Å². The minimum absolute atomic E-state index is 0.128. The number of benzene rings is 1. The van der Waals surface area contributed by atoms with Crippen LogP contribution in [0.1, 0.15) is 43.3 Å². The van der Waals surface area contributed by atoms with Crippen LogP contribution in [0.25, 0.3) is 27.5 Å². The van der Waals surface area contributed by atoms with Gasteiger partial charge in [0.25, 0.3) is 0 Å². The Bertz CT molecular complexity index is 1420. The minimum Gasteiger partial charge on any atom is -0.399 e. The van der Waals surface area contributed by atoms with Gasteiger partial charge >= 0.3 is 0 Å². The van der Waals surface area contributed by atoms with Gasteiger partial charge < -0.3 is 10.2 Å². The number of nitrogens with one attached hydrogen (secondary N) is 1. The zero-order valence-electron chi connectivity index (χ0n) is 20.8. The van der Waals surface area contributed by atoms with Crippen molar-refractivity contribution in [3.05, 3.63) is 65.1 Å². The Kier molecular flexibility index (Phi) is 6.65. The molecule has 1 aromatic carbocycles. The van der Waals surface area contributed by atoms with Gasteiger partial charge in [-0.1, -0.05) is 42.5 Å². The highest BCUT2D eigenvalue weighted by Gasteiger charge is 2.30. The lowest BCUT2D eigenvalue weighted by Crippen LogP contribution is -2.07. The van der Waals surface area contributed by atoms with Gasteiger partial charge in [0.05, 0.1) is 33.9 Å². The van der Waals surface area contributed by atoms with Crippen LogP contribution in [0.2, 0.25) is 0 Å². The Labute approximate surface area is 214 Å². The molecular formula is C27H28N6O2S. The van der Waals surface area contributed by atoms with Crippen LogP contribution in [0.5, 0.6) is 0 Å². The number of aryl methyl sites for hydroxylation is 1. The summed E-state index contributed by atoms with van der Waals surface area (Å²) >= 11 is 1.49. The topological polar surface area (TPSA) is 94.3 Å². The van der Waals surface area contributed by atoms with E-state index in [0.29, 0.717) is 11.0 Å². The minimum atomic E-state index is -0.128. The van der Waals surface area contributed by atoms with Crippen LogP contribution in [0, 0.1) is 5.92 Å². The molecular weight excluding hydrogens is 472 g/mol. The monoisotopic (exact) mass is 500 g/mol. The van der Waals surface area contributed by atoms with Crippen molar-refractivity contribution >= 4 is 28.6 Å². The highest BCUT2D eigenvalue weighted by molar-refractivity contribution is 7.19. The molecule has 1 amide bonds. The molecule has 8 nitrogen and oxygen atoms in total. The van der Waals surface area contributed by atoms with E-state index in [1.165, 1.54) is 30.9 Å². The fraction of sp³-hybridized carbons (Fsp3) is 0.296. The summed E-state index contributed by atoms with van der Waals surface area (Å²) in [5, 5.41) is 12.4. The summed E-state index contributed by atoms with van der Waals surface area (Å²) in [5.41, 5.74) is 8.04. The van der Waals surface area contributed by atoms with Crippen LogP contribution in [-0.4, -0.2) is 39.0 Å². The molecule has 36 heavy (non-hydrogen) atoms. The van der Waals surface area contributed by atoms with Gasteiger partial charge in [-0.05, 0) is 55.0 Å². The Morgan fingerprint density at radius 3 is 2.69 bits per heavy atom. The number of fused-ring (bicyclic) bond motifs is 3. The van der Waals surface area contributed by atoms with Gasteiger partial charge in [0.2, 0.25) is 5.91 Å². The predicted octanol–water partition coefficient (Wildman–Crippen LogP) is 5.29. The van der Waals surface area contributed by atoms with E-state index in [0.717, 1.165) is 63.7 Å². The second-order valence-electron chi connectivity index (χ2n) is 9.21. The van der Waals surface area contributed by atoms with Crippen molar-refractivity contribution < 1.29 is 9.63 Å². The first-order valence-electron chi connectivity index (χ1n) is 11.9. The van der Waals surface area contributed by atoms with Gasteiger partial charge in [-0.2, -0.15) is 5.10 Å². The maximum absolute atomic E-state index is 11.7. The summed E-state index contributed by atoms with van der Waals surface area (Å²) in [5.74, 6) is 0.422. The SMILES string of the molecule is CO/N=C\c1ccc(-n2nc(-c3ccc(CC(C)C)nc3)c3c2-c2sc(NC(C)=O)nc2CC3)cc1. The lowest BCUT2D eigenvalue weighted by atomic mass is 9.95. The molecule has 0 saturated carbocycles. The smallest absolute Gasteiger partial charge is 0.223 e. The Morgan fingerprint density at radius 2 is 2.03 bits per heavy atom. The molecule has 0 saturated heterocycles. The van der Waals surface area contributed by atoms with Gasteiger partial charge in [0, 0.05) is 29.9 Å². The summed E-state index contributed by atoms with van der Waals surface area (Å²) in [4.78, 5) is 26.9. The van der Waals surface area contributed by atoms with Crippen LogP contribution in [0.4, 0.5) is 5.13 Å². The van der Waals surface area contributed by atoms with Crippen molar-refractivity contribution in [2.24, 2.45) is 11.1 Å². The largest absolute Gasteiger partial charge is 0.399 e. The van der Waals surface area contributed by atoms with Gasteiger partial charge in [0.15, 0.2) is 5.13 Å². The number of oxime groups is 1. The molecule has 3 aromatic heterocycles. The Balaban J connectivity index is 1.63. The molecule has 5 rings (SSSR count). The van der Waals surface area contributed by atoms with Gasteiger partial charge in [-0.25, -0.2) is 9.67 Å². The molecule has 1 N–H and O–H groups in total. The number of nitrogens with zero attached hydrogens (tertiary/aromatic N) is 5. The molecule has 3 heterocycles. The number of rotatable bonds is 7.